The van der Waals surface area contributed by atoms with Crippen LogP contribution in [0.5, 0.6) is 0 Å². The molecule has 0 bridgehead atoms. The molecule has 0 radical (unpaired) electrons. The third-order valence-electron chi connectivity index (χ3n) is 5.54. The van der Waals surface area contributed by atoms with Gasteiger partial charge in [0.05, 0.1) is 18.6 Å². The van der Waals surface area contributed by atoms with E-state index < -0.39 is 0 Å². The number of hydrogen-bond donors (Lipinski definition) is 1. The molecule has 0 spiro atoms. The number of para-hydroxylation sites is 1. The molecule has 0 unspecified atom stereocenters. The zero-order chi connectivity index (χ0) is 18.1. The Morgan fingerprint density at radius 2 is 1.93 bits per heavy atom. The monoisotopic (exact) mass is 380 g/mol. The molecule has 5 rings (SSSR count). The molecule has 0 saturated carbocycles. The number of rotatable bonds is 4. The first-order chi connectivity index (χ1) is 13.4. The van der Waals surface area contributed by atoms with Gasteiger partial charge >= 0.3 is 0 Å². The lowest BCUT2D eigenvalue weighted by Crippen LogP contribution is -2.36. The molecule has 0 amide bonds. The first-order valence-corrected chi connectivity index (χ1v) is 10.6. The molecule has 1 fully saturated rings. The third-order valence-corrected chi connectivity index (χ3v) is 6.74. The lowest BCUT2D eigenvalue weighted by Gasteiger charge is -2.30. The van der Waals surface area contributed by atoms with Crippen LogP contribution in [0.2, 0.25) is 0 Å². The maximum absolute atomic E-state index is 5.51. The molecule has 0 atom stereocenters. The fourth-order valence-electron chi connectivity index (χ4n) is 4.18. The van der Waals surface area contributed by atoms with Crippen LogP contribution in [0.15, 0.2) is 30.6 Å². The van der Waals surface area contributed by atoms with E-state index in [-0.39, 0.29) is 0 Å². The van der Waals surface area contributed by atoms with Crippen molar-refractivity contribution >= 4 is 33.1 Å². The van der Waals surface area contributed by atoms with E-state index >= 15 is 0 Å². The molecule has 5 nitrogen and oxygen atoms in total. The number of morpholine rings is 1. The van der Waals surface area contributed by atoms with Crippen LogP contribution in [0.1, 0.15) is 28.8 Å². The van der Waals surface area contributed by atoms with Gasteiger partial charge in [0, 0.05) is 30.2 Å². The Morgan fingerprint density at radius 1 is 1.07 bits per heavy atom. The number of benzene rings is 1. The summed E-state index contributed by atoms with van der Waals surface area (Å²) in [5, 5.41) is 4.87. The van der Waals surface area contributed by atoms with Crippen LogP contribution in [0.3, 0.4) is 0 Å². The Hall–Kier alpha value is -2.18. The molecule has 3 heterocycles. The van der Waals surface area contributed by atoms with Crippen molar-refractivity contribution in [2.75, 3.05) is 36.5 Å². The number of anilines is 2. The van der Waals surface area contributed by atoms with Crippen molar-refractivity contribution in [2.45, 2.75) is 32.2 Å². The van der Waals surface area contributed by atoms with Crippen LogP contribution in [-0.4, -0.2) is 36.3 Å². The van der Waals surface area contributed by atoms with Gasteiger partial charge in [0.25, 0.3) is 0 Å². The van der Waals surface area contributed by atoms with E-state index in [1.807, 2.05) is 11.3 Å². The molecule has 2 aliphatic rings. The lowest BCUT2D eigenvalue weighted by atomic mass is 9.97. The normalized spacial score (nSPS) is 17.1. The average molecular weight is 381 g/mol. The van der Waals surface area contributed by atoms with Crippen LogP contribution in [0.4, 0.5) is 11.5 Å². The molecule has 1 saturated heterocycles. The van der Waals surface area contributed by atoms with Crippen molar-refractivity contribution in [2.24, 2.45) is 0 Å². The van der Waals surface area contributed by atoms with Gasteiger partial charge in [-0.15, -0.1) is 11.3 Å². The van der Waals surface area contributed by atoms with Crippen LogP contribution < -0.4 is 10.2 Å². The van der Waals surface area contributed by atoms with E-state index in [0.717, 1.165) is 49.9 Å². The summed E-state index contributed by atoms with van der Waals surface area (Å²) in [6, 6.07) is 8.65. The number of fused-ring (bicyclic) bond motifs is 3. The van der Waals surface area contributed by atoms with Crippen LogP contribution >= 0.6 is 11.3 Å². The molecule has 1 aliphatic carbocycles. The van der Waals surface area contributed by atoms with E-state index in [2.05, 4.69) is 44.5 Å². The minimum absolute atomic E-state index is 0.768. The van der Waals surface area contributed by atoms with Gasteiger partial charge in [0.15, 0.2) is 0 Å². The topological polar surface area (TPSA) is 50.3 Å². The highest BCUT2D eigenvalue weighted by molar-refractivity contribution is 7.19. The van der Waals surface area contributed by atoms with Crippen molar-refractivity contribution in [1.82, 2.24) is 9.97 Å². The fraction of sp³-hybridized carbons (Fsp3) is 0.429. The summed E-state index contributed by atoms with van der Waals surface area (Å²) in [6.45, 7) is 4.27. The SMILES string of the molecule is c1ccc(N2CCOCC2)c(CNc2ncnc3sc4c(c23)CCCC4)c1. The number of aromatic nitrogens is 2. The van der Waals surface area contributed by atoms with Gasteiger partial charge in [-0.25, -0.2) is 9.97 Å². The molecular formula is C21H24N4OS. The number of ether oxygens (including phenoxy) is 1. The van der Waals surface area contributed by atoms with Crippen molar-refractivity contribution in [1.29, 1.82) is 0 Å². The van der Waals surface area contributed by atoms with Crippen molar-refractivity contribution < 1.29 is 4.74 Å². The Balaban J connectivity index is 1.43. The Morgan fingerprint density at radius 3 is 2.85 bits per heavy atom. The summed E-state index contributed by atoms with van der Waals surface area (Å²) in [5.74, 6) is 0.983. The number of hydrogen-bond acceptors (Lipinski definition) is 6. The predicted molar refractivity (Wildman–Crippen MR) is 111 cm³/mol. The Kier molecular flexibility index (Phi) is 4.67. The fourth-order valence-corrected chi connectivity index (χ4v) is 5.41. The molecule has 27 heavy (non-hydrogen) atoms. The van der Waals surface area contributed by atoms with E-state index in [4.69, 9.17) is 4.74 Å². The smallest absolute Gasteiger partial charge is 0.138 e. The maximum atomic E-state index is 5.51. The van der Waals surface area contributed by atoms with Crippen molar-refractivity contribution in [3.63, 3.8) is 0 Å². The third kappa shape index (κ3) is 3.28. The quantitative estimate of drug-likeness (QED) is 0.741. The molecular weight excluding hydrogens is 356 g/mol. The largest absolute Gasteiger partial charge is 0.378 e. The molecule has 140 valence electrons. The highest BCUT2D eigenvalue weighted by Crippen LogP contribution is 2.38. The zero-order valence-corrected chi connectivity index (χ0v) is 16.2. The summed E-state index contributed by atoms with van der Waals surface area (Å²) in [5.41, 5.74) is 4.08. The van der Waals surface area contributed by atoms with Crippen LogP contribution in [0, 0.1) is 0 Å². The molecule has 6 heteroatoms. The minimum atomic E-state index is 0.768. The standard InChI is InChI=1S/C21H24N4OS/c1-3-7-17(25-9-11-26-12-10-25)15(5-1)13-22-20-19-16-6-2-4-8-18(16)27-21(19)24-14-23-20/h1,3,5,7,14H,2,4,6,8-13H2,(H,22,23,24). The minimum Gasteiger partial charge on any atom is -0.378 e. The summed E-state index contributed by atoms with van der Waals surface area (Å²) in [4.78, 5) is 14.2. The molecule has 1 aromatic carbocycles. The first kappa shape index (κ1) is 17.0. The predicted octanol–water partition coefficient (Wildman–Crippen LogP) is 4.02. The van der Waals surface area contributed by atoms with E-state index in [0.29, 0.717) is 0 Å². The maximum Gasteiger partial charge on any atom is 0.138 e. The van der Waals surface area contributed by atoms with E-state index in [1.165, 1.54) is 46.3 Å². The Labute approximate surface area is 163 Å². The molecule has 1 N–H and O–H groups in total. The van der Waals surface area contributed by atoms with Gasteiger partial charge < -0.3 is 15.0 Å². The highest BCUT2D eigenvalue weighted by atomic mass is 32.1. The van der Waals surface area contributed by atoms with E-state index in [9.17, 15) is 0 Å². The van der Waals surface area contributed by atoms with Gasteiger partial charge in [0.2, 0.25) is 0 Å². The van der Waals surface area contributed by atoms with Gasteiger partial charge in [-0.05, 0) is 42.9 Å². The average Bonchev–Trinajstić information content (AvgIpc) is 3.12. The van der Waals surface area contributed by atoms with Gasteiger partial charge in [-0.3, -0.25) is 0 Å². The van der Waals surface area contributed by atoms with Crippen molar-refractivity contribution in [3.8, 4) is 0 Å². The van der Waals surface area contributed by atoms with E-state index in [1.54, 1.807) is 6.33 Å². The second-order valence-corrected chi connectivity index (χ2v) is 8.28. The Bertz CT molecular complexity index is 949. The number of nitrogens with one attached hydrogen (secondary N) is 1. The highest BCUT2D eigenvalue weighted by Gasteiger charge is 2.20. The summed E-state index contributed by atoms with van der Waals surface area (Å²) in [6.07, 6.45) is 6.61. The summed E-state index contributed by atoms with van der Waals surface area (Å²) >= 11 is 1.85. The number of thiophene rings is 1. The summed E-state index contributed by atoms with van der Waals surface area (Å²) < 4.78 is 5.51. The number of aryl methyl sites for hydroxylation is 2. The molecule has 1 aliphatic heterocycles. The van der Waals surface area contributed by atoms with Gasteiger partial charge in [0.1, 0.15) is 17.0 Å². The van der Waals surface area contributed by atoms with Gasteiger partial charge in [-0.1, -0.05) is 18.2 Å². The molecule has 3 aromatic rings. The van der Waals surface area contributed by atoms with Crippen LogP contribution in [-0.2, 0) is 24.1 Å². The first-order valence-electron chi connectivity index (χ1n) is 9.80. The van der Waals surface area contributed by atoms with Gasteiger partial charge in [-0.2, -0.15) is 0 Å². The second-order valence-electron chi connectivity index (χ2n) is 7.20. The zero-order valence-electron chi connectivity index (χ0n) is 15.4. The summed E-state index contributed by atoms with van der Waals surface area (Å²) in [7, 11) is 0. The molecule has 2 aromatic heterocycles. The lowest BCUT2D eigenvalue weighted by molar-refractivity contribution is 0.122. The number of nitrogens with zero attached hydrogens (tertiary/aromatic N) is 3. The van der Waals surface area contributed by atoms with Crippen LogP contribution in [0.25, 0.3) is 10.2 Å². The second kappa shape index (κ2) is 7.44. The van der Waals surface area contributed by atoms with Crippen molar-refractivity contribution in [3.05, 3.63) is 46.6 Å².